The van der Waals surface area contributed by atoms with Crippen molar-refractivity contribution in [2.75, 3.05) is 4.90 Å². The first-order valence-electron chi connectivity index (χ1n) is 20.8. The molecule has 12 rings (SSSR count). The summed E-state index contributed by atoms with van der Waals surface area (Å²) < 4.78 is 8.69. The fraction of sp³-hybridized carbons (Fsp3) is 0. The molecule has 0 aliphatic rings. The second-order valence-electron chi connectivity index (χ2n) is 15.7. The standard InChI is InChI=1S/C58H38N2O/c1-3-15-40(16-4-1)46-24-13-17-41-18-14-25-50(58(41)46)47-21-7-10-26-53(47)59(45-34-36-57-52(38-45)49-23-9-12-28-56(49)61-57)44-32-29-39(30-33-44)42-31-35-55-51(37-42)48-22-8-11-27-54(48)60(55)43-19-5-2-6-20-43/h1-38H. The van der Waals surface area contributed by atoms with E-state index in [1.807, 2.05) is 12.1 Å². The molecular weight excluding hydrogens is 741 g/mol. The maximum atomic E-state index is 6.32. The van der Waals surface area contributed by atoms with Gasteiger partial charge in [-0.05, 0) is 111 Å². The van der Waals surface area contributed by atoms with Crippen molar-refractivity contribution in [2.24, 2.45) is 0 Å². The smallest absolute Gasteiger partial charge is 0.135 e. The number of nitrogens with zero attached hydrogens (tertiary/aromatic N) is 2. The van der Waals surface area contributed by atoms with Gasteiger partial charge < -0.3 is 13.9 Å². The zero-order valence-corrected chi connectivity index (χ0v) is 33.2. The minimum atomic E-state index is 0.874. The van der Waals surface area contributed by atoms with Crippen LogP contribution in [0.4, 0.5) is 17.1 Å². The molecule has 2 heterocycles. The second-order valence-corrected chi connectivity index (χ2v) is 15.7. The molecule has 0 saturated heterocycles. The zero-order chi connectivity index (χ0) is 40.3. The van der Waals surface area contributed by atoms with E-state index in [-0.39, 0.29) is 0 Å². The Morgan fingerprint density at radius 3 is 1.80 bits per heavy atom. The van der Waals surface area contributed by atoms with Gasteiger partial charge in [-0.1, -0.05) is 158 Å². The highest BCUT2D eigenvalue weighted by atomic mass is 16.3. The first-order valence-corrected chi connectivity index (χ1v) is 20.8. The highest BCUT2D eigenvalue weighted by Crippen LogP contribution is 2.46. The van der Waals surface area contributed by atoms with Crippen LogP contribution in [-0.2, 0) is 0 Å². The molecule has 0 saturated carbocycles. The van der Waals surface area contributed by atoms with Gasteiger partial charge in [0, 0.05) is 44.2 Å². The van der Waals surface area contributed by atoms with E-state index in [0.717, 1.165) is 55.8 Å². The van der Waals surface area contributed by atoms with Crippen LogP contribution in [0.2, 0.25) is 0 Å². The van der Waals surface area contributed by atoms with Crippen molar-refractivity contribution in [3.63, 3.8) is 0 Å². The lowest BCUT2D eigenvalue weighted by atomic mass is 9.90. The minimum absolute atomic E-state index is 0.874. The molecule has 286 valence electrons. The average Bonchev–Trinajstić information content (AvgIpc) is 3.87. The van der Waals surface area contributed by atoms with Crippen molar-refractivity contribution < 1.29 is 4.42 Å². The van der Waals surface area contributed by atoms with Crippen LogP contribution < -0.4 is 4.90 Å². The maximum Gasteiger partial charge on any atom is 0.135 e. The van der Waals surface area contributed by atoms with Crippen molar-refractivity contribution >= 4 is 71.6 Å². The van der Waals surface area contributed by atoms with Gasteiger partial charge in [0.15, 0.2) is 0 Å². The van der Waals surface area contributed by atoms with Crippen molar-refractivity contribution in [1.29, 1.82) is 0 Å². The molecular formula is C58H38N2O. The summed E-state index contributed by atoms with van der Waals surface area (Å²) in [5.74, 6) is 0. The van der Waals surface area contributed by atoms with E-state index < -0.39 is 0 Å². The summed E-state index contributed by atoms with van der Waals surface area (Å²) in [6.07, 6.45) is 0. The molecule has 0 N–H and O–H groups in total. The van der Waals surface area contributed by atoms with Gasteiger partial charge in [-0.3, -0.25) is 0 Å². The van der Waals surface area contributed by atoms with Crippen LogP contribution in [-0.4, -0.2) is 4.57 Å². The van der Waals surface area contributed by atoms with Gasteiger partial charge in [0.1, 0.15) is 11.2 Å². The van der Waals surface area contributed by atoms with E-state index in [1.54, 1.807) is 0 Å². The highest BCUT2D eigenvalue weighted by molar-refractivity contribution is 6.12. The van der Waals surface area contributed by atoms with E-state index in [1.165, 1.54) is 54.8 Å². The Morgan fingerprint density at radius 1 is 0.344 bits per heavy atom. The Kier molecular flexibility index (Phi) is 8.17. The SMILES string of the molecule is c1ccc(-c2cccc3cccc(-c4ccccc4N(c4ccc(-c5ccc6c(c5)c5ccccc5n6-c5ccccc5)cc4)c4ccc5oc6ccccc6c5c4)c23)cc1. The number of furan rings is 1. The first-order chi connectivity index (χ1) is 30.3. The zero-order valence-electron chi connectivity index (χ0n) is 33.2. The van der Waals surface area contributed by atoms with Gasteiger partial charge in [0.2, 0.25) is 0 Å². The Bertz CT molecular complexity index is 3580. The summed E-state index contributed by atoms with van der Waals surface area (Å²) in [5.41, 5.74) is 15.6. The first kappa shape index (κ1) is 34.9. The van der Waals surface area contributed by atoms with Gasteiger partial charge in [0.25, 0.3) is 0 Å². The van der Waals surface area contributed by atoms with Crippen LogP contribution in [0, 0.1) is 0 Å². The monoisotopic (exact) mass is 778 g/mol. The summed E-state index contributed by atoms with van der Waals surface area (Å²) in [7, 11) is 0. The van der Waals surface area contributed by atoms with Crippen LogP contribution in [0.1, 0.15) is 0 Å². The Balaban J connectivity index is 1.03. The molecule has 0 aliphatic heterocycles. The largest absolute Gasteiger partial charge is 0.456 e. The van der Waals surface area contributed by atoms with E-state index in [9.17, 15) is 0 Å². The van der Waals surface area contributed by atoms with E-state index in [0.29, 0.717) is 0 Å². The summed E-state index contributed by atoms with van der Waals surface area (Å²) in [6.45, 7) is 0. The molecule has 2 aromatic heterocycles. The van der Waals surface area contributed by atoms with Crippen molar-refractivity contribution in [1.82, 2.24) is 4.57 Å². The topological polar surface area (TPSA) is 21.3 Å². The molecule has 0 bridgehead atoms. The van der Waals surface area contributed by atoms with Crippen LogP contribution in [0.15, 0.2) is 235 Å². The van der Waals surface area contributed by atoms with E-state index in [2.05, 4.69) is 228 Å². The van der Waals surface area contributed by atoms with Crippen LogP contribution >= 0.6 is 0 Å². The molecule has 0 atom stereocenters. The third-order valence-corrected chi connectivity index (χ3v) is 12.2. The van der Waals surface area contributed by atoms with Crippen molar-refractivity contribution in [2.45, 2.75) is 0 Å². The molecule has 0 amide bonds. The normalized spacial score (nSPS) is 11.6. The highest BCUT2D eigenvalue weighted by Gasteiger charge is 2.21. The number of hydrogen-bond acceptors (Lipinski definition) is 2. The molecule has 3 nitrogen and oxygen atoms in total. The molecule has 0 aliphatic carbocycles. The van der Waals surface area contributed by atoms with Crippen LogP contribution in [0.5, 0.6) is 0 Å². The average molecular weight is 779 g/mol. The van der Waals surface area contributed by atoms with Gasteiger partial charge >= 0.3 is 0 Å². The van der Waals surface area contributed by atoms with Crippen molar-refractivity contribution in [3.8, 4) is 39.1 Å². The predicted octanol–water partition coefficient (Wildman–Crippen LogP) is 16.3. The van der Waals surface area contributed by atoms with Crippen molar-refractivity contribution in [3.05, 3.63) is 231 Å². The summed E-state index contributed by atoms with van der Waals surface area (Å²) in [6, 6.07) is 83.0. The number of benzene rings is 10. The fourth-order valence-corrected chi connectivity index (χ4v) is 9.41. The molecule has 0 fully saturated rings. The van der Waals surface area contributed by atoms with Crippen LogP contribution in [0.25, 0.3) is 93.6 Å². The van der Waals surface area contributed by atoms with Gasteiger partial charge in [-0.2, -0.15) is 0 Å². The molecule has 12 aromatic rings. The van der Waals surface area contributed by atoms with Gasteiger partial charge in [0.05, 0.1) is 16.7 Å². The maximum absolute atomic E-state index is 6.32. The number of hydrogen-bond donors (Lipinski definition) is 0. The quantitative estimate of drug-likeness (QED) is 0.161. The van der Waals surface area contributed by atoms with Crippen LogP contribution in [0.3, 0.4) is 0 Å². The number of para-hydroxylation sites is 4. The number of anilines is 3. The Hall–Kier alpha value is -8.14. The molecule has 0 radical (unpaired) electrons. The minimum Gasteiger partial charge on any atom is -0.456 e. The third kappa shape index (κ3) is 5.82. The lowest BCUT2D eigenvalue weighted by Gasteiger charge is -2.28. The van der Waals surface area contributed by atoms with Gasteiger partial charge in [-0.25, -0.2) is 0 Å². The molecule has 3 heteroatoms. The summed E-state index contributed by atoms with van der Waals surface area (Å²) >= 11 is 0. The molecule has 0 spiro atoms. The lowest BCUT2D eigenvalue weighted by Crippen LogP contribution is -2.11. The Labute approximate surface area is 353 Å². The second kappa shape index (κ2) is 14.3. The summed E-state index contributed by atoms with van der Waals surface area (Å²) in [4.78, 5) is 2.40. The fourth-order valence-electron chi connectivity index (χ4n) is 9.41. The summed E-state index contributed by atoms with van der Waals surface area (Å²) in [5, 5.41) is 7.12. The molecule has 0 unspecified atom stereocenters. The molecule has 10 aromatic carbocycles. The van der Waals surface area contributed by atoms with E-state index >= 15 is 0 Å². The molecule has 61 heavy (non-hydrogen) atoms. The van der Waals surface area contributed by atoms with Gasteiger partial charge in [-0.15, -0.1) is 0 Å². The lowest BCUT2D eigenvalue weighted by molar-refractivity contribution is 0.669. The third-order valence-electron chi connectivity index (χ3n) is 12.2. The number of aromatic nitrogens is 1. The number of rotatable bonds is 7. The van der Waals surface area contributed by atoms with E-state index in [4.69, 9.17) is 4.42 Å². The predicted molar refractivity (Wildman–Crippen MR) is 257 cm³/mol. The number of fused-ring (bicyclic) bond motifs is 7. The Morgan fingerprint density at radius 2 is 0.967 bits per heavy atom.